The topological polar surface area (TPSA) is 52.3 Å². The van der Waals surface area contributed by atoms with Crippen LogP contribution in [-0.4, -0.2) is 18.1 Å². The Morgan fingerprint density at radius 2 is 2.29 bits per heavy atom. The molecule has 0 aliphatic carbocycles. The van der Waals surface area contributed by atoms with Crippen LogP contribution in [0.15, 0.2) is 22.6 Å². The molecule has 4 heteroatoms. The summed E-state index contributed by atoms with van der Waals surface area (Å²) in [7, 11) is 1.41. The van der Waals surface area contributed by atoms with Gasteiger partial charge >= 0.3 is 5.97 Å². The van der Waals surface area contributed by atoms with E-state index in [2.05, 4.69) is 4.98 Å². The number of carbonyl (C=O) groups excluding carboxylic acids is 1. The number of benzene rings is 1. The van der Waals surface area contributed by atoms with Gasteiger partial charge in [-0.1, -0.05) is 13.0 Å². The lowest BCUT2D eigenvalue weighted by molar-refractivity contribution is -0.142. The number of carbonyl (C=O) groups is 1. The van der Waals surface area contributed by atoms with Gasteiger partial charge in [0.1, 0.15) is 5.52 Å². The van der Waals surface area contributed by atoms with E-state index in [-0.39, 0.29) is 11.9 Å². The number of nitrogens with zero attached hydrogens (tertiary/aromatic N) is 1. The molecule has 1 aromatic carbocycles. The number of methoxy groups -OCH3 is 1. The molecule has 17 heavy (non-hydrogen) atoms. The first-order chi connectivity index (χ1) is 8.15. The lowest BCUT2D eigenvalue weighted by Gasteiger charge is -2.12. The Bertz CT molecular complexity index is 545. The highest BCUT2D eigenvalue weighted by Crippen LogP contribution is 2.25. The normalized spacial score (nSPS) is 12.6. The highest BCUT2D eigenvalue weighted by molar-refractivity contribution is 5.81. The average molecular weight is 233 g/mol. The van der Waals surface area contributed by atoms with E-state index in [0.29, 0.717) is 12.3 Å². The van der Waals surface area contributed by atoms with Crippen LogP contribution < -0.4 is 0 Å². The van der Waals surface area contributed by atoms with Gasteiger partial charge < -0.3 is 9.15 Å². The van der Waals surface area contributed by atoms with E-state index in [1.54, 1.807) is 6.92 Å². The van der Waals surface area contributed by atoms with Gasteiger partial charge in [0.2, 0.25) is 0 Å². The summed E-state index contributed by atoms with van der Waals surface area (Å²) in [5.74, 6) is 0.178. The van der Waals surface area contributed by atoms with Crippen LogP contribution in [0.25, 0.3) is 11.1 Å². The molecule has 0 saturated heterocycles. The summed E-state index contributed by atoms with van der Waals surface area (Å²) in [5, 5.41) is 0. The Morgan fingerprint density at radius 1 is 1.53 bits per heavy atom. The van der Waals surface area contributed by atoms with Crippen molar-refractivity contribution in [3.05, 3.63) is 29.7 Å². The highest BCUT2D eigenvalue weighted by Gasteiger charge is 2.20. The summed E-state index contributed by atoms with van der Waals surface area (Å²) >= 11 is 0. The number of rotatable bonds is 3. The summed E-state index contributed by atoms with van der Waals surface area (Å²) in [6, 6.07) is 5.62. The molecule has 2 rings (SSSR count). The van der Waals surface area contributed by atoms with Crippen LogP contribution >= 0.6 is 0 Å². The summed E-state index contributed by atoms with van der Waals surface area (Å²) in [5.41, 5.74) is 2.44. The minimum absolute atomic E-state index is 0.216. The third-order valence-corrected chi connectivity index (χ3v) is 2.81. The first-order valence-corrected chi connectivity index (χ1v) is 5.60. The predicted octanol–water partition coefficient (Wildman–Crippen LogP) is 2.80. The van der Waals surface area contributed by atoms with Gasteiger partial charge in [-0.2, -0.15) is 0 Å². The number of esters is 1. The molecule has 1 atom stereocenters. The van der Waals surface area contributed by atoms with Crippen molar-refractivity contribution < 1.29 is 13.9 Å². The molecule has 90 valence electrons. The highest BCUT2D eigenvalue weighted by atomic mass is 16.5. The number of fused-ring (bicyclic) bond motifs is 1. The van der Waals surface area contributed by atoms with Gasteiger partial charge in [0.15, 0.2) is 11.5 Å². The van der Waals surface area contributed by atoms with Gasteiger partial charge in [-0.3, -0.25) is 4.79 Å². The van der Waals surface area contributed by atoms with Crippen molar-refractivity contribution >= 4 is 17.1 Å². The number of ether oxygens (including phenoxy) is 1. The van der Waals surface area contributed by atoms with Gasteiger partial charge in [0.25, 0.3) is 0 Å². The van der Waals surface area contributed by atoms with Crippen molar-refractivity contribution in [2.45, 2.75) is 26.2 Å². The van der Waals surface area contributed by atoms with Gasteiger partial charge in [-0.15, -0.1) is 0 Å². The van der Waals surface area contributed by atoms with Crippen LogP contribution in [0.3, 0.4) is 0 Å². The summed E-state index contributed by atoms with van der Waals surface area (Å²) < 4.78 is 10.2. The van der Waals surface area contributed by atoms with Crippen LogP contribution in [0.2, 0.25) is 0 Å². The lowest BCUT2D eigenvalue weighted by atomic mass is 9.96. The third kappa shape index (κ3) is 2.16. The maximum Gasteiger partial charge on any atom is 0.313 e. The molecule has 0 aliphatic heterocycles. The van der Waals surface area contributed by atoms with Crippen LogP contribution in [-0.2, 0) is 9.53 Å². The Kier molecular flexibility index (Phi) is 3.13. The number of aryl methyl sites for hydroxylation is 1. The fourth-order valence-corrected chi connectivity index (χ4v) is 1.96. The minimum atomic E-state index is -0.235. The first-order valence-electron chi connectivity index (χ1n) is 5.60. The lowest BCUT2D eigenvalue weighted by Crippen LogP contribution is -2.13. The maximum absolute atomic E-state index is 11.6. The number of aromatic nitrogens is 1. The van der Waals surface area contributed by atoms with Gasteiger partial charge in [0.05, 0.1) is 13.0 Å². The van der Waals surface area contributed by atoms with E-state index in [4.69, 9.17) is 9.15 Å². The fourth-order valence-electron chi connectivity index (χ4n) is 1.96. The second-order valence-corrected chi connectivity index (χ2v) is 3.94. The monoisotopic (exact) mass is 233 g/mol. The van der Waals surface area contributed by atoms with Crippen molar-refractivity contribution in [3.8, 4) is 0 Å². The van der Waals surface area contributed by atoms with E-state index < -0.39 is 0 Å². The molecule has 1 heterocycles. The van der Waals surface area contributed by atoms with Crippen molar-refractivity contribution in [3.63, 3.8) is 0 Å². The zero-order valence-electron chi connectivity index (χ0n) is 10.2. The minimum Gasteiger partial charge on any atom is -0.469 e. The fraction of sp³-hybridized carbons (Fsp3) is 0.385. The van der Waals surface area contributed by atoms with Gasteiger partial charge in [-0.25, -0.2) is 4.98 Å². The number of hydrogen-bond acceptors (Lipinski definition) is 4. The molecule has 1 aromatic heterocycles. The van der Waals surface area contributed by atoms with E-state index in [1.165, 1.54) is 7.11 Å². The van der Waals surface area contributed by atoms with E-state index in [9.17, 15) is 4.79 Å². The first kappa shape index (κ1) is 11.6. The van der Waals surface area contributed by atoms with Crippen molar-refractivity contribution in [2.24, 2.45) is 0 Å². The number of oxazole rings is 1. The smallest absolute Gasteiger partial charge is 0.313 e. The van der Waals surface area contributed by atoms with E-state index in [0.717, 1.165) is 16.7 Å². The SMILES string of the molecule is CCC(C(=O)OC)c1ccc2oc(C)nc2c1. The molecular weight excluding hydrogens is 218 g/mol. The molecule has 0 N–H and O–H groups in total. The average Bonchev–Trinajstić information content (AvgIpc) is 2.69. The van der Waals surface area contributed by atoms with Crippen LogP contribution in [0, 0.1) is 6.92 Å². The van der Waals surface area contributed by atoms with Gasteiger partial charge in [0, 0.05) is 6.92 Å². The Labute approximate surface area is 99.6 Å². The molecule has 4 nitrogen and oxygen atoms in total. The maximum atomic E-state index is 11.6. The quantitative estimate of drug-likeness (QED) is 0.765. The molecule has 0 bridgehead atoms. The number of hydrogen-bond donors (Lipinski definition) is 0. The van der Waals surface area contributed by atoms with Crippen LogP contribution in [0.4, 0.5) is 0 Å². The van der Waals surface area contributed by atoms with Crippen LogP contribution in [0.5, 0.6) is 0 Å². The van der Waals surface area contributed by atoms with Crippen molar-refractivity contribution in [2.75, 3.05) is 7.11 Å². The summed E-state index contributed by atoms with van der Waals surface area (Å²) in [6.07, 6.45) is 0.703. The zero-order chi connectivity index (χ0) is 12.4. The van der Waals surface area contributed by atoms with Crippen molar-refractivity contribution in [1.29, 1.82) is 0 Å². The van der Waals surface area contributed by atoms with E-state index in [1.807, 2.05) is 25.1 Å². The molecule has 1 unspecified atom stereocenters. The van der Waals surface area contributed by atoms with Gasteiger partial charge in [-0.05, 0) is 24.1 Å². The molecule has 0 saturated carbocycles. The third-order valence-electron chi connectivity index (χ3n) is 2.81. The molecule has 0 aliphatic rings. The molecule has 0 radical (unpaired) electrons. The molecule has 2 aromatic rings. The molecule has 0 amide bonds. The summed E-state index contributed by atoms with van der Waals surface area (Å²) in [6.45, 7) is 3.76. The zero-order valence-corrected chi connectivity index (χ0v) is 10.2. The summed E-state index contributed by atoms with van der Waals surface area (Å²) in [4.78, 5) is 15.9. The molecule has 0 fully saturated rings. The van der Waals surface area contributed by atoms with Crippen molar-refractivity contribution in [1.82, 2.24) is 4.98 Å². The largest absolute Gasteiger partial charge is 0.469 e. The second-order valence-electron chi connectivity index (χ2n) is 3.94. The Hall–Kier alpha value is -1.84. The van der Waals surface area contributed by atoms with E-state index >= 15 is 0 Å². The predicted molar refractivity (Wildman–Crippen MR) is 63.8 cm³/mol. The standard InChI is InChI=1S/C13H15NO3/c1-4-10(13(15)16-3)9-5-6-12-11(7-9)14-8(2)17-12/h5-7,10H,4H2,1-3H3. The van der Waals surface area contributed by atoms with Crippen LogP contribution in [0.1, 0.15) is 30.7 Å². The second kappa shape index (κ2) is 4.57. The Morgan fingerprint density at radius 3 is 2.94 bits per heavy atom. The molecule has 0 spiro atoms. The Balaban J connectivity index is 2.43. The molecular formula is C13H15NO3.